The molecule has 7 heteroatoms. The van der Waals surface area contributed by atoms with Crippen LogP contribution in [0.15, 0.2) is 59.0 Å². The van der Waals surface area contributed by atoms with E-state index < -0.39 is 0 Å². The average molecular weight is 333 g/mol. The zero-order chi connectivity index (χ0) is 17.2. The van der Waals surface area contributed by atoms with Gasteiger partial charge in [-0.05, 0) is 37.3 Å². The van der Waals surface area contributed by atoms with E-state index in [1.807, 2.05) is 49.4 Å². The third kappa shape index (κ3) is 3.07. The summed E-state index contributed by atoms with van der Waals surface area (Å²) in [5.41, 5.74) is 3.71. The van der Waals surface area contributed by atoms with Crippen LogP contribution < -0.4 is 5.32 Å². The van der Waals surface area contributed by atoms with Crippen LogP contribution >= 0.6 is 0 Å². The minimum atomic E-state index is 0.167. The number of aromatic amines is 1. The molecular formula is C18H15N5O2. The lowest BCUT2D eigenvalue weighted by Crippen LogP contribution is -1.88. The van der Waals surface area contributed by atoms with Gasteiger partial charge in [0.1, 0.15) is 11.4 Å². The highest BCUT2D eigenvalue weighted by Crippen LogP contribution is 2.31. The third-order valence-corrected chi connectivity index (χ3v) is 3.69. The van der Waals surface area contributed by atoms with Crippen molar-refractivity contribution < 1.29 is 9.52 Å². The fraction of sp³-hybridized carbons (Fsp3) is 0.0556. The summed E-state index contributed by atoms with van der Waals surface area (Å²) in [7, 11) is 0. The number of aromatic nitrogens is 4. The van der Waals surface area contributed by atoms with Gasteiger partial charge in [-0.3, -0.25) is 5.10 Å². The van der Waals surface area contributed by atoms with E-state index in [4.69, 9.17) is 4.42 Å². The molecule has 0 aliphatic heterocycles. The Kier molecular flexibility index (Phi) is 3.66. The van der Waals surface area contributed by atoms with Gasteiger partial charge in [0.15, 0.2) is 0 Å². The van der Waals surface area contributed by atoms with Crippen molar-refractivity contribution in [1.29, 1.82) is 0 Å². The average Bonchev–Trinajstić information content (AvgIpc) is 3.27. The molecule has 0 unspecified atom stereocenters. The van der Waals surface area contributed by atoms with Gasteiger partial charge in [0, 0.05) is 11.3 Å². The Morgan fingerprint density at radius 1 is 1.04 bits per heavy atom. The maximum atomic E-state index is 10.0. The fourth-order valence-corrected chi connectivity index (χ4v) is 2.45. The van der Waals surface area contributed by atoms with Gasteiger partial charge in [0.05, 0.1) is 5.69 Å². The molecule has 4 aromatic rings. The smallest absolute Gasteiger partial charge is 0.320 e. The van der Waals surface area contributed by atoms with E-state index in [2.05, 4.69) is 25.7 Å². The summed E-state index contributed by atoms with van der Waals surface area (Å²) in [6.07, 6.45) is 0. The number of aromatic hydroxyl groups is 1. The number of hydrogen-bond acceptors (Lipinski definition) is 6. The first-order valence-corrected chi connectivity index (χ1v) is 7.70. The van der Waals surface area contributed by atoms with Crippen LogP contribution in [0.1, 0.15) is 5.56 Å². The molecule has 2 aromatic carbocycles. The van der Waals surface area contributed by atoms with Gasteiger partial charge >= 0.3 is 6.01 Å². The number of phenolic OH excluding ortho intramolecular Hbond substituents is 1. The quantitative estimate of drug-likeness (QED) is 0.524. The van der Waals surface area contributed by atoms with Gasteiger partial charge in [0.25, 0.3) is 5.89 Å². The second-order valence-electron chi connectivity index (χ2n) is 5.59. The number of aryl methyl sites for hydroxylation is 1. The van der Waals surface area contributed by atoms with Crippen molar-refractivity contribution in [2.45, 2.75) is 6.92 Å². The highest BCUT2D eigenvalue weighted by atomic mass is 16.4. The van der Waals surface area contributed by atoms with Crippen LogP contribution in [0.3, 0.4) is 0 Å². The minimum Gasteiger partial charge on any atom is -0.507 e. The van der Waals surface area contributed by atoms with Gasteiger partial charge in [-0.15, -0.1) is 5.10 Å². The molecule has 2 aromatic heterocycles. The lowest BCUT2D eigenvalue weighted by atomic mass is 10.1. The topological polar surface area (TPSA) is 99.9 Å². The predicted molar refractivity (Wildman–Crippen MR) is 93.4 cm³/mol. The minimum absolute atomic E-state index is 0.167. The molecule has 0 aliphatic rings. The summed E-state index contributed by atoms with van der Waals surface area (Å²) in [5, 5.41) is 28.1. The van der Waals surface area contributed by atoms with Gasteiger partial charge in [-0.2, -0.15) is 5.10 Å². The molecule has 0 amide bonds. The Hall–Kier alpha value is -3.61. The molecule has 0 aliphatic carbocycles. The largest absolute Gasteiger partial charge is 0.507 e. The Morgan fingerprint density at radius 2 is 1.88 bits per heavy atom. The van der Waals surface area contributed by atoms with E-state index in [1.165, 1.54) is 0 Å². The van der Waals surface area contributed by atoms with Crippen molar-refractivity contribution in [2.75, 3.05) is 5.32 Å². The second kappa shape index (κ2) is 6.12. The molecule has 2 heterocycles. The summed E-state index contributed by atoms with van der Waals surface area (Å²) in [4.78, 5) is 0. The maximum absolute atomic E-state index is 10.0. The molecule has 0 spiro atoms. The van der Waals surface area contributed by atoms with Crippen LogP contribution in [-0.2, 0) is 0 Å². The number of phenols is 1. The van der Waals surface area contributed by atoms with Crippen molar-refractivity contribution in [2.24, 2.45) is 0 Å². The zero-order valence-corrected chi connectivity index (χ0v) is 13.4. The molecule has 0 saturated heterocycles. The van der Waals surface area contributed by atoms with Gasteiger partial charge in [0.2, 0.25) is 0 Å². The van der Waals surface area contributed by atoms with Crippen LogP contribution in [-0.4, -0.2) is 25.5 Å². The number of nitrogens with one attached hydrogen (secondary N) is 2. The van der Waals surface area contributed by atoms with E-state index in [-0.39, 0.29) is 11.8 Å². The number of hydrogen-bond donors (Lipinski definition) is 3. The molecule has 0 fully saturated rings. The zero-order valence-electron chi connectivity index (χ0n) is 13.4. The lowest BCUT2D eigenvalue weighted by molar-refractivity contribution is 0.477. The van der Waals surface area contributed by atoms with Gasteiger partial charge in [-0.25, -0.2) is 0 Å². The standard InChI is InChI=1S/C18H15N5O2/c1-11-7-8-16(24)13(9-11)14-10-15(21-20-14)17-22-23-18(25-17)19-12-5-3-2-4-6-12/h2-10,24H,1H3,(H,19,23)(H,20,21). The number of anilines is 2. The predicted octanol–water partition coefficient (Wildman–Crippen LogP) is 3.88. The van der Waals surface area contributed by atoms with Crippen LogP contribution in [0, 0.1) is 6.92 Å². The summed E-state index contributed by atoms with van der Waals surface area (Å²) in [6, 6.07) is 17.0. The number of benzene rings is 2. The van der Waals surface area contributed by atoms with Crippen molar-refractivity contribution >= 4 is 11.7 Å². The van der Waals surface area contributed by atoms with Crippen molar-refractivity contribution in [1.82, 2.24) is 20.4 Å². The molecule has 7 nitrogen and oxygen atoms in total. The van der Waals surface area contributed by atoms with Crippen LogP contribution in [0.5, 0.6) is 5.75 Å². The molecule has 3 N–H and O–H groups in total. The van der Waals surface area contributed by atoms with Crippen molar-refractivity contribution in [3.8, 4) is 28.6 Å². The van der Waals surface area contributed by atoms with E-state index in [0.717, 1.165) is 11.3 Å². The molecule has 0 atom stereocenters. The van der Waals surface area contributed by atoms with E-state index in [0.29, 0.717) is 22.8 Å². The van der Waals surface area contributed by atoms with Gasteiger partial charge in [-0.1, -0.05) is 34.9 Å². The SMILES string of the molecule is Cc1ccc(O)c(-c2cc(-c3nnc(Nc4ccccc4)o3)[nH]n2)c1. The van der Waals surface area contributed by atoms with Crippen LogP contribution in [0.4, 0.5) is 11.7 Å². The Morgan fingerprint density at radius 3 is 2.72 bits per heavy atom. The Balaban J connectivity index is 1.59. The summed E-state index contributed by atoms with van der Waals surface area (Å²) < 4.78 is 5.61. The summed E-state index contributed by atoms with van der Waals surface area (Å²) in [6.45, 7) is 1.95. The number of para-hydroxylation sites is 1. The van der Waals surface area contributed by atoms with Crippen LogP contribution in [0.2, 0.25) is 0 Å². The van der Waals surface area contributed by atoms with Gasteiger partial charge < -0.3 is 14.8 Å². The summed E-state index contributed by atoms with van der Waals surface area (Å²) in [5.74, 6) is 0.477. The Bertz CT molecular complexity index is 1010. The van der Waals surface area contributed by atoms with Crippen molar-refractivity contribution in [3.63, 3.8) is 0 Å². The molecule has 25 heavy (non-hydrogen) atoms. The second-order valence-corrected chi connectivity index (χ2v) is 5.59. The first kappa shape index (κ1) is 14.9. The normalized spacial score (nSPS) is 10.8. The highest BCUT2D eigenvalue weighted by molar-refractivity contribution is 5.70. The third-order valence-electron chi connectivity index (χ3n) is 3.69. The molecule has 124 valence electrons. The highest BCUT2D eigenvalue weighted by Gasteiger charge is 2.14. The first-order chi connectivity index (χ1) is 12.2. The van der Waals surface area contributed by atoms with Crippen LogP contribution in [0.25, 0.3) is 22.8 Å². The Labute approximate surface area is 143 Å². The monoisotopic (exact) mass is 333 g/mol. The maximum Gasteiger partial charge on any atom is 0.320 e. The molecule has 0 bridgehead atoms. The first-order valence-electron chi connectivity index (χ1n) is 7.70. The van der Waals surface area contributed by atoms with E-state index in [9.17, 15) is 5.11 Å². The van der Waals surface area contributed by atoms with E-state index in [1.54, 1.807) is 12.1 Å². The molecule has 0 saturated carbocycles. The number of rotatable bonds is 4. The summed E-state index contributed by atoms with van der Waals surface area (Å²) >= 11 is 0. The van der Waals surface area contributed by atoms with E-state index >= 15 is 0 Å². The number of nitrogens with zero attached hydrogens (tertiary/aromatic N) is 3. The number of H-pyrrole nitrogens is 1. The fourth-order valence-electron chi connectivity index (χ4n) is 2.45. The molecule has 4 rings (SSSR count). The lowest BCUT2D eigenvalue weighted by Gasteiger charge is -2.01. The van der Waals surface area contributed by atoms with Crippen molar-refractivity contribution in [3.05, 3.63) is 60.2 Å². The molecular weight excluding hydrogens is 318 g/mol. The molecule has 0 radical (unpaired) electrons.